The lowest BCUT2D eigenvalue weighted by Crippen LogP contribution is -1.95. The second kappa shape index (κ2) is 6.98. The molecule has 3 rings (SSSR count). The number of rotatable bonds is 5. The van der Waals surface area contributed by atoms with Crippen LogP contribution in [0.25, 0.3) is 12.2 Å². The molecule has 1 aromatic heterocycles. The van der Waals surface area contributed by atoms with Crippen LogP contribution in [0.5, 0.6) is 5.75 Å². The summed E-state index contributed by atoms with van der Waals surface area (Å²) in [5.74, 6) is 0.970. The van der Waals surface area contributed by atoms with Crippen molar-refractivity contribution in [3.05, 3.63) is 70.6 Å². The number of nitrogen functional groups attached to an aromatic ring is 1. The number of hydrogen-bond acceptors (Lipinski definition) is 5. The first kappa shape index (κ1) is 15.1. The summed E-state index contributed by atoms with van der Waals surface area (Å²) in [5.41, 5.74) is 7.33. The van der Waals surface area contributed by atoms with E-state index < -0.39 is 0 Å². The predicted octanol–water partition coefficient (Wildman–Crippen LogP) is 4.05. The molecule has 0 aliphatic heterocycles. The second-order valence-electron chi connectivity index (χ2n) is 4.78. The minimum absolute atomic E-state index is 0.0346. The molecule has 3 aromatic rings. The first-order chi connectivity index (χ1) is 11.2. The molecule has 1 heterocycles. The molecular formula is C17H14ClN3O2. The summed E-state index contributed by atoms with van der Waals surface area (Å²) in [5, 5.41) is 7.86. The zero-order valence-electron chi connectivity index (χ0n) is 12.1. The van der Waals surface area contributed by atoms with Gasteiger partial charge in [0.15, 0.2) is 0 Å². The molecular weight excluding hydrogens is 314 g/mol. The smallest absolute Gasteiger partial charge is 0.313 e. The molecule has 0 saturated carbocycles. The molecule has 2 N–H and O–H groups in total. The lowest BCUT2D eigenvalue weighted by atomic mass is 10.2. The third-order valence-corrected chi connectivity index (χ3v) is 3.36. The van der Waals surface area contributed by atoms with E-state index in [0.717, 1.165) is 11.1 Å². The number of ether oxygens (including phenoxy) is 1. The largest absolute Gasteiger partial charge is 0.487 e. The van der Waals surface area contributed by atoms with Gasteiger partial charge in [0.25, 0.3) is 0 Å². The first-order valence-electron chi connectivity index (χ1n) is 6.94. The van der Waals surface area contributed by atoms with Gasteiger partial charge in [0, 0.05) is 6.08 Å². The topological polar surface area (TPSA) is 74.2 Å². The maximum atomic E-state index is 6.25. The van der Waals surface area contributed by atoms with E-state index in [9.17, 15) is 0 Å². The molecule has 0 amide bonds. The summed E-state index contributed by atoms with van der Waals surface area (Å²) >= 11 is 6.25. The fourth-order valence-corrected chi connectivity index (χ4v) is 2.20. The van der Waals surface area contributed by atoms with Gasteiger partial charge < -0.3 is 14.9 Å². The highest BCUT2D eigenvalue weighted by Gasteiger charge is 2.03. The summed E-state index contributed by atoms with van der Waals surface area (Å²) in [6.07, 6.45) is 3.47. The number of nitrogens with zero attached hydrogens (tertiary/aromatic N) is 2. The Kier molecular flexibility index (Phi) is 4.59. The van der Waals surface area contributed by atoms with Crippen molar-refractivity contribution in [2.24, 2.45) is 0 Å². The maximum absolute atomic E-state index is 6.25. The SMILES string of the molecule is Nc1nnc(/C=C/c2ccc(OCc3ccccc3)c(Cl)c2)o1. The molecule has 0 unspecified atom stereocenters. The highest BCUT2D eigenvalue weighted by Crippen LogP contribution is 2.27. The van der Waals surface area contributed by atoms with Crippen LogP contribution in [0.3, 0.4) is 0 Å². The fraction of sp³-hybridized carbons (Fsp3) is 0.0588. The summed E-state index contributed by atoms with van der Waals surface area (Å²) in [6.45, 7) is 0.469. The van der Waals surface area contributed by atoms with Crippen LogP contribution in [0.15, 0.2) is 52.9 Å². The van der Waals surface area contributed by atoms with Gasteiger partial charge in [0.1, 0.15) is 12.4 Å². The number of nitrogens with two attached hydrogens (primary N) is 1. The fourth-order valence-electron chi connectivity index (χ4n) is 1.95. The number of anilines is 1. The van der Waals surface area contributed by atoms with E-state index in [4.69, 9.17) is 26.5 Å². The Morgan fingerprint density at radius 2 is 1.91 bits per heavy atom. The Hall–Kier alpha value is -2.79. The van der Waals surface area contributed by atoms with Gasteiger partial charge in [-0.3, -0.25) is 0 Å². The van der Waals surface area contributed by atoms with E-state index in [2.05, 4.69) is 10.2 Å². The van der Waals surface area contributed by atoms with Crippen LogP contribution >= 0.6 is 11.6 Å². The molecule has 0 bridgehead atoms. The molecule has 0 fully saturated rings. The number of aromatic nitrogens is 2. The minimum Gasteiger partial charge on any atom is -0.487 e. The van der Waals surface area contributed by atoms with Gasteiger partial charge in [-0.25, -0.2) is 0 Å². The molecule has 6 heteroatoms. The Morgan fingerprint density at radius 3 is 2.61 bits per heavy atom. The second-order valence-corrected chi connectivity index (χ2v) is 5.18. The summed E-state index contributed by atoms with van der Waals surface area (Å²) in [4.78, 5) is 0. The molecule has 0 aliphatic rings. The standard InChI is InChI=1S/C17H14ClN3O2/c18-14-10-12(7-9-16-20-21-17(19)23-16)6-8-15(14)22-11-13-4-2-1-3-5-13/h1-10H,11H2,(H2,19,21)/b9-7+. The van der Waals surface area contributed by atoms with Crippen molar-refractivity contribution < 1.29 is 9.15 Å². The molecule has 23 heavy (non-hydrogen) atoms. The van der Waals surface area contributed by atoms with Crippen molar-refractivity contribution in [1.29, 1.82) is 0 Å². The Balaban J connectivity index is 1.67. The van der Waals surface area contributed by atoms with Crippen LogP contribution in [-0.2, 0) is 6.61 Å². The molecule has 0 spiro atoms. The van der Waals surface area contributed by atoms with Crippen LogP contribution in [0.4, 0.5) is 6.01 Å². The van der Waals surface area contributed by atoms with Gasteiger partial charge in [-0.05, 0) is 29.3 Å². The van der Waals surface area contributed by atoms with Gasteiger partial charge in [-0.15, -0.1) is 5.10 Å². The summed E-state index contributed by atoms with van der Waals surface area (Å²) in [7, 11) is 0. The number of benzene rings is 2. The number of halogens is 1. The van der Waals surface area contributed by atoms with Crippen molar-refractivity contribution in [1.82, 2.24) is 10.2 Å². The summed E-state index contributed by atoms with van der Waals surface area (Å²) in [6, 6.07) is 15.5. The van der Waals surface area contributed by atoms with Crippen molar-refractivity contribution in [3.8, 4) is 5.75 Å². The third kappa shape index (κ3) is 4.11. The van der Waals surface area contributed by atoms with Crippen LogP contribution in [0, 0.1) is 0 Å². The van der Waals surface area contributed by atoms with Gasteiger partial charge in [-0.2, -0.15) is 0 Å². The lowest BCUT2D eigenvalue weighted by molar-refractivity contribution is 0.306. The molecule has 0 saturated heterocycles. The number of hydrogen-bond donors (Lipinski definition) is 1. The van der Waals surface area contributed by atoms with E-state index in [1.165, 1.54) is 0 Å². The van der Waals surface area contributed by atoms with Crippen LogP contribution in [0.1, 0.15) is 17.0 Å². The van der Waals surface area contributed by atoms with E-state index in [1.54, 1.807) is 18.2 Å². The average molecular weight is 328 g/mol. The van der Waals surface area contributed by atoms with Gasteiger partial charge in [-0.1, -0.05) is 53.1 Å². The molecule has 0 radical (unpaired) electrons. The molecule has 5 nitrogen and oxygen atoms in total. The van der Waals surface area contributed by atoms with Gasteiger partial charge >= 0.3 is 6.01 Å². The zero-order chi connectivity index (χ0) is 16.1. The van der Waals surface area contributed by atoms with Gasteiger partial charge in [0.2, 0.25) is 5.89 Å². The Labute approximate surface area is 138 Å². The van der Waals surface area contributed by atoms with E-state index in [0.29, 0.717) is 23.3 Å². The average Bonchev–Trinajstić information content (AvgIpc) is 2.98. The molecule has 0 aliphatic carbocycles. The highest BCUT2D eigenvalue weighted by molar-refractivity contribution is 6.32. The van der Waals surface area contributed by atoms with Gasteiger partial charge in [0.05, 0.1) is 5.02 Å². The third-order valence-electron chi connectivity index (χ3n) is 3.07. The van der Waals surface area contributed by atoms with E-state index >= 15 is 0 Å². The van der Waals surface area contributed by atoms with Crippen LogP contribution < -0.4 is 10.5 Å². The molecule has 2 aromatic carbocycles. The zero-order valence-corrected chi connectivity index (χ0v) is 12.9. The van der Waals surface area contributed by atoms with Crippen molar-refractivity contribution in [3.63, 3.8) is 0 Å². The van der Waals surface area contributed by atoms with Crippen LogP contribution in [-0.4, -0.2) is 10.2 Å². The minimum atomic E-state index is 0.0346. The molecule has 0 atom stereocenters. The maximum Gasteiger partial charge on any atom is 0.313 e. The Bertz CT molecular complexity index is 816. The highest BCUT2D eigenvalue weighted by atomic mass is 35.5. The normalized spacial score (nSPS) is 11.0. The lowest BCUT2D eigenvalue weighted by Gasteiger charge is -2.08. The molecule has 116 valence electrons. The van der Waals surface area contributed by atoms with Crippen LogP contribution in [0.2, 0.25) is 5.02 Å². The predicted molar refractivity (Wildman–Crippen MR) is 89.9 cm³/mol. The van der Waals surface area contributed by atoms with Crippen molar-refractivity contribution >= 4 is 29.8 Å². The Morgan fingerprint density at radius 1 is 1.09 bits per heavy atom. The van der Waals surface area contributed by atoms with Crippen molar-refractivity contribution in [2.75, 3.05) is 5.73 Å². The van der Waals surface area contributed by atoms with E-state index in [1.807, 2.05) is 42.5 Å². The van der Waals surface area contributed by atoms with Crippen molar-refractivity contribution in [2.45, 2.75) is 6.61 Å². The monoisotopic (exact) mass is 327 g/mol. The summed E-state index contributed by atoms with van der Waals surface area (Å²) < 4.78 is 10.8. The van der Waals surface area contributed by atoms with E-state index in [-0.39, 0.29) is 6.01 Å². The first-order valence-corrected chi connectivity index (χ1v) is 7.32. The quantitative estimate of drug-likeness (QED) is 0.765.